The van der Waals surface area contributed by atoms with Gasteiger partial charge in [0.15, 0.2) is 11.5 Å². The van der Waals surface area contributed by atoms with Crippen LogP contribution < -0.4 is 5.73 Å². The number of hydrogen-bond acceptors (Lipinski definition) is 4. The number of phenolic OH excluding ortho intramolecular Hbond substituents is 2. The van der Waals surface area contributed by atoms with Crippen molar-refractivity contribution in [3.63, 3.8) is 0 Å². The van der Waals surface area contributed by atoms with E-state index in [4.69, 9.17) is 5.73 Å². The van der Waals surface area contributed by atoms with Crippen molar-refractivity contribution in [2.24, 2.45) is 11.7 Å². The molecule has 0 unspecified atom stereocenters. The summed E-state index contributed by atoms with van der Waals surface area (Å²) in [6.45, 7) is 4.18. The third-order valence-electron chi connectivity index (χ3n) is 2.84. The predicted molar refractivity (Wildman–Crippen MR) is 66.8 cm³/mol. The molecule has 0 bridgehead atoms. The SMILES string of the molecule is CC(C)CC[C@@H](O)[C@@H](N)c1ccc(O)c(O)c1. The summed E-state index contributed by atoms with van der Waals surface area (Å²) in [5.41, 5.74) is 6.52. The highest BCUT2D eigenvalue weighted by Gasteiger charge is 2.18. The number of aromatic hydroxyl groups is 2. The Labute approximate surface area is 102 Å². The van der Waals surface area contributed by atoms with Crippen LogP contribution >= 0.6 is 0 Å². The molecule has 0 radical (unpaired) electrons. The van der Waals surface area contributed by atoms with Gasteiger partial charge in [-0.15, -0.1) is 0 Å². The van der Waals surface area contributed by atoms with Crippen LogP contribution in [0.25, 0.3) is 0 Å². The second-order valence-electron chi connectivity index (χ2n) is 4.81. The molecule has 0 amide bonds. The summed E-state index contributed by atoms with van der Waals surface area (Å²) in [7, 11) is 0. The zero-order valence-corrected chi connectivity index (χ0v) is 10.3. The second kappa shape index (κ2) is 5.89. The van der Waals surface area contributed by atoms with Crippen molar-refractivity contribution < 1.29 is 15.3 Å². The first-order valence-electron chi connectivity index (χ1n) is 5.87. The highest BCUT2D eigenvalue weighted by atomic mass is 16.3. The van der Waals surface area contributed by atoms with E-state index in [1.807, 2.05) is 0 Å². The Kier molecular flexibility index (Phi) is 4.78. The van der Waals surface area contributed by atoms with Crippen molar-refractivity contribution in [2.75, 3.05) is 0 Å². The fourth-order valence-electron chi connectivity index (χ4n) is 1.65. The van der Waals surface area contributed by atoms with Crippen LogP contribution in [0.4, 0.5) is 0 Å². The third-order valence-corrected chi connectivity index (χ3v) is 2.84. The molecule has 96 valence electrons. The summed E-state index contributed by atoms with van der Waals surface area (Å²) in [5, 5.41) is 28.5. The van der Waals surface area contributed by atoms with Crippen molar-refractivity contribution in [1.82, 2.24) is 0 Å². The molecule has 0 aromatic heterocycles. The maximum atomic E-state index is 9.91. The normalized spacial score (nSPS) is 14.9. The molecule has 0 aliphatic rings. The first-order chi connectivity index (χ1) is 7.91. The summed E-state index contributed by atoms with van der Waals surface area (Å²) in [4.78, 5) is 0. The minimum Gasteiger partial charge on any atom is -0.504 e. The maximum Gasteiger partial charge on any atom is 0.157 e. The third kappa shape index (κ3) is 3.91. The zero-order chi connectivity index (χ0) is 13.0. The maximum absolute atomic E-state index is 9.91. The van der Waals surface area contributed by atoms with Crippen molar-refractivity contribution in [3.8, 4) is 11.5 Å². The Morgan fingerprint density at radius 1 is 1.12 bits per heavy atom. The predicted octanol–water partition coefficient (Wildman–Crippen LogP) is 1.89. The van der Waals surface area contributed by atoms with Gasteiger partial charge in [-0.1, -0.05) is 19.9 Å². The number of phenols is 2. The molecule has 4 nitrogen and oxygen atoms in total. The molecule has 0 saturated carbocycles. The lowest BCUT2D eigenvalue weighted by atomic mass is 9.96. The Bertz CT molecular complexity index is 366. The minimum atomic E-state index is -0.638. The molecule has 2 atom stereocenters. The van der Waals surface area contributed by atoms with E-state index in [1.165, 1.54) is 12.1 Å². The number of hydrogen-bond donors (Lipinski definition) is 4. The fraction of sp³-hybridized carbons (Fsp3) is 0.538. The van der Waals surface area contributed by atoms with Crippen LogP contribution in [0.15, 0.2) is 18.2 Å². The number of aliphatic hydroxyl groups is 1. The van der Waals surface area contributed by atoms with Gasteiger partial charge in [0.2, 0.25) is 0 Å². The second-order valence-corrected chi connectivity index (χ2v) is 4.81. The number of nitrogens with two attached hydrogens (primary N) is 1. The molecule has 0 saturated heterocycles. The van der Waals surface area contributed by atoms with Gasteiger partial charge in [0.05, 0.1) is 12.1 Å². The van der Waals surface area contributed by atoms with Crippen LogP contribution in [0.1, 0.15) is 38.3 Å². The smallest absolute Gasteiger partial charge is 0.157 e. The molecule has 0 fully saturated rings. The lowest BCUT2D eigenvalue weighted by Crippen LogP contribution is -2.26. The van der Waals surface area contributed by atoms with Crippen molar-refractivity contribution in [1.29, 1.82) is 0 Å². The molecule has 4 heteroatoms. The highest BCUT2D eigenvalue weighted by molar-refractivity contribution is 5.41. The van der Waals surface area contributed by atoms with Gasteiger partial charge < -0.3 is 21.1 Å². The Hall–Kier alpha value is -1.26. The Morgan fingerprint density at radius 3 is 2.29 bits per heavy atom. The Balaban J connectivity index is 2.67. The summed E-state index contributed by atoms with van der Waals surface area (Å²) in [5.74, 6) is 0.122. The van der Waals surface area contributed by atoms with Gasteiger partial charge >= 0.3 is 0 Å². The van der Waals surface area contributed by atoms with E-state index in [9.17, 15) is 15.3 Å². The fourth-order valence-corrected chi connectivity index (χ4v) is 1.65. The van der Waals surface area contributed by atoms with E-state index in [-0.39, 0.29) is 11.5 Å². The topological polar surface area (TPSA) is 86.7 Å². The summed E-state index contributed by atoms with van der Waals surface area (Å²) in [6, 6.07) is 3.83. The lowest BCUT2D eigenvalue weighted by Gasteiger charge is -2.20. The van der Waals surface area contributed by atoms with E-state index in [1.54, 1.807) is 6.07 Å². The van der Waals surface area contributed by atoms with E-state index < -0.39 is 12.1 Å². The number of rotatable bonds is 5. The standard InChI is InChI=1S/C13H21NO3/c1-8(2)3-5-11(16)13(14)9-4-6-10(15)12(17)7-9/h4,6-8,11,13,15-17H,3,5,14H2,1-2H3/t11-,13+/m1/s1. The molecule has 1 rings (SSSR count). The van der Waals surface area contributed by atoms with Crippen LogP contribution in [0.2, 0.25) is 0 Å². The van der Waals surface area contributed by atoms with Gasteiger partial charge in [0.25, 0.3) is 0 Å². The summed E-state index contributed by atoms with van der Waals surface area (Å²) < 4.78 is 0. The largest absolute Gasteiger partial charge is 0.504 e. The lowest BCUT2D eigenvalue weighted by molar-refractivity contribution is 0.128. The van der Waals surface area contributed by atoms with Crippen molar-refractivity contribution in [3.05, 3.63) is 23.8 Å². The van der Waals surface area contributed by atoms with Crippen LogP contribution in [0.3, 0.4) is 0 Å². The summed E-state index contributed by atoms with van der Waals surface area (Å²) >= 11 is 0. The van der Waals surface area contributed by atoms with Gasteiger partial charge in [-0.3, -0.25) is 0 Å². The van der Waals surface area contributed by atoms with Crippen LogP contribution in [0, 0.1) is 5.92 Å². The van der Waals surface area contributed by atoms with E-state index in [0.29, 0.717) is 17.9 Å². The molecule has 5 N–H and O–H groups in total. The van der Waals surface area contributed by atoms with Crippen LogP contribution in [-0.4, -0.2) is 21.4 Å². The molecular formula is C13H21NO3. The molecule has 0 heterocycles. The number of benzene rings is 1. The van der Waals surface area contributed by atoms with Crippen molar-refractivity contribution >= 4 is 0 Å². The first kappa shape index (κ1) is 13.8. The number of aliphatic hydroxyl groups excluding tert-OH is 1. The molecular weight excluding hydrogens is 218 g/mol. The summed E-state index contributed by atoms with van der Waals surface area (Å²) in [6.07, 6.45) is 0.890. The Morgan fingerprint density at radius 2 is 1.76 bits per heavy atom. The van der Waals surface area contributed by atoms with Gasteiger partial charge in [0.1, 0.15) is 0 Å². The highest BCUT2D eigenvalue weighted by Crippen LogP contribution is 2.29. The van der Waals surface area contributed by atoms with E-state index in [2.05, 4.69) is 13.8 Å². The average Bonchev–Trinajstić information content (AvgIpc) is 2.28. The van der Waals surface area contributed by atoms with Gasteiger partial charge in [-0.05, 0) is 36.5 Å². The van der Waals surface area contributed by atoms with E-state index in [0.717, 1.165) is 6.42 Å². The van der Waals surface area contributed by atoms with Crippen LogP contribution in [0.5, 0.6) is 11.5 Å². The molecule has 0 aliphatic heterocycles. The zero-order valence-electron chi connectivity index (χ0n) is 10.3. The molecule has 17 heavy (non-hydrogen) atoms. The van der Waals surface area contributed by atoms with Crippen molar-refractivity contribution in [2.45, 2.75) is 38.8 Å². The molecule has 0 aliphatic carbocycles. The van der Waals surface area contributed by atoms with Gasteiger partial charge in [-0.25, -0.2) is 0 Å². The first-order valence-corrected chi connectivity index (χ1v) is 5.87. The van der Waals surface area contributed by atoms with Gasteiger partial charge in [-0.2, -0.15) is 0 Å². The molecule has 1 aromatic carbocycles. The average molecular weight is 239 g/mol. The quantitative estimate of drug-likeness (QED) is 0.591. The monoisotopic (exact) mass is 239 g/mol. The minimum absolute atomic E-state index is 0.183. The van der Waals surface area contributed by atoms with E-state index >= 15 is 0 Å². The van der Waals surface area contributed by atoms with Crippen LogP contribution in [-0.2, 0) is 0 Å². The molecule has 0 spiro atoms. The molecule has 1 aromatic rings. The van der Waals surface area contributed by atoms with Gasteiger partial charge in [0, 0.05) is 0 Å².